The van der Waals surface area contributed by atoms with E-state index in [9.17, 15) is 10.2 Å². The molecule has 1 aromatic rings. The van der Waals surface area contributed by atoms with E-state index in [0.717, 1.165) is 38.9 Å². The maximum Gasteiger partial charge on any atom is 0.0724 e. The number of likely N-dealkylation sites (tertiary alicyclic amines) is 1. The van der Waals surface area contributed by atoms with E-state index < -0.39 is 0 Å². The molecule has 2 atom stereocenters. The maximum absolute atomic E-state index is 9.90. The van der Waals surface area contributed by atoms with Crippen molar-refractivity contribution in [1.29, 1.82) is 0 Å². The zero-order valence-corrected chi connectivity index (χ0v) is 11.8. The predicted molar refractivity (Wildman–Crippen MR) is 79.2 cm³/mol. The Hall–Kier alpha value is -1.16. The standard InChI is InChI=1S/C17H23NO2/c19-13-17-8-6-16(20)10-15(17)7-9-18(12-17)11-14-4-2-1-3-5-14/h1-5,10,16,19-20H,6-9,11-13H2/t16-,17-/m0/s1. The summed E-state index contributed by atoms with van der Waals surface area (Å²) >= 11 is 0. The van der Waals surface area contributed by atoms with Gasteiger partial charge in [-0.3, -0.25) is 4.90 Å². The number of nitrogens with zero attached hydrogens (tertiary/aromatic N) is 1. The Bertz CT molecular complexity index is 485. The first kappa shape index (κ1) is 13.8. The number of rotatable bonds is 3. The number of piperidine rings is 1. The van der Waals surface area contributed by atoms with Crippen molar-refractivity contribution < 1.29 is 10.2 Å². The van der Waals surface area contributed by atoms with Crippen LogP contribution in [0.5, 0.6) is 0 Å². The van der Waals surface area contributed by atoms with Crippen LogP contribution in [0.4, 0.5) is 0 Å². The van der Waals surface area contributed by atoms with Gasteiger partial charge >= 0.3 is 0 Å². The van der Waals surface area contributed by atoms with Gasteiger partial charge in [-0.15, -0.1) is 0 Å². The summed E-state index contributed by atoms with van der Waals surface area (Å²) in [4.78, 5) is 2.43. The van der Waals surface area contributed by atoms with Crippen molar-refractivity contribution in [3.63, 3.8) is 0 Å². The van der Waals surface area contributed by atoms with Crippen molar-refractivity contribution in [3.8, 4) is 0 Å². The molecule has 1 heterocycles. The minimum absolute atomic E-state index is 0.119. The highest BCUT2D eigenvalue weighted by molar-refractivity contribution is 5.24. The number of aliphatic hydroxyl groups excluding tert-OH is 2. The van der Waals surface area contributed by atoms with E-state index in [-0.39, 0.29) is 18.1 Å². The number of hydrogen-bond donors (Lipinski definition) is 2. The van der Waals surface area contributed by atoms with Crippen molar-refractivity contribution in [2.24, 2.45) is 5.41 Å². The van der Waals surface area contributed by atoms with Crippen LogP contribution in [0.25, 0.3) is 0 Å². The molecule has 108 valence electrons. The Morgan fingerprint density at radius 3 is 2.80 bits per heavy atom. The van der Waals surface area contributed by atoms with Crippen LogP contribution in [0.1, 0.15) is 24.8 Å². The van der Waals surface area contributed by atoms with Gasteiger partial charge in [-0.1, -0.05) is 42.0 Å². The lowest BCUT2D eigenvalue weighted by molar-refractivity contribution is 0.0425. The molecule has 1 aromatic carbocycles. The second-order valence-electron chi connectivity index (χ2n) is 6.18. The van der Waals surface area contributed by atoms with Crippen molar-refractivity contribution >= 4 is 0 Å². The minimum atomic E-state index is -0.314. The van der Waals surface area contributed by atoms with Crippen molar-refractivity contribution in [2.75, 3.05) is 19.7 Å². The predicted octanol–water partition coefficient (Wildman–Crippen LogP) is 1.95. The van der Waals surface area contributed by atoms with Gasteiger partial charge in [-0.2, -0.15) is 0 Å². The van der Waals surface area contributed by atoms with Gasteiger partial charge in [-0.05, 0) is 24.8 Å². The monoisotopic (exact) mass is 273 g/mol. The fourth-order valence-electron chi connectivity index (χ4n) is 3.60. The Labute approximate surface area is 120 Å². The van der Waals surface area contributed by atoms with E-state index in [1.54, 1.807) is 0 Å². The topological polar surface area (TPSA) is 43.7 Å². The van der Waals surface area contributed by atoms with Crippen LogP contribution in [0, 0.1) is 5.41 Å². The molecule has 0 spiro atoms. The molecule has 0 amide bonds. The minimum Gasteiger partial charge on any atom is -0.395 e. The zero-order chi connectivity index (χ0) is 14.0. The second-order valence-corrected chi connectivity index (χ2v) is 6.18. The Balaban J connectivity index is 1.74. The molecule has 0 radical (unpaired) electrons. The van der Waals surface area contributed by atoms with Crippen LogP contribution in [0.2, 0.25) is 0 Å². The van der Waals surface area contributed by atoms with E-state index in [2.05, 4.69) is 29.2 Å². The SMILES string of the molecule is OC[C@@]12CC[C@H](O)C=C1CCN(Cc1ccccc1)C2. The third kappa shape index (κ3) is 2.66. The molecule has 3 heteroatoms. The molecular weight excluding hydrogens is 250 g/mol. The highest BCUT2D eigenvalue weighted by Crippen LogP contribution is 2.42. The summed E-state index contributed by atoms with van der Waals surface area (Å²) in [7, 11) is 0. The maximum atomic E-state index is 9.90. The largest absolute Gasteiger partial charge is 0.395 e. The van der Waals surface area contributed by atoms with Crippen LogP contribution in [-0.2, 0) is 6.54 Å². The van der Waals surface area contributed by atoms with Crippen molar-refractivity contribution in [1.82, 2.24) is 4.90 Å². The van der Waals surface area contributed by atoms with Crippen LogP contribution in [-0.4, -0.2) is 40.9 Å². The molecule has 0 unspecified atom stereocenters. The molecule has 1 aliphatic carbocycles. The summed E-state index contributed by atoms with van der Waals surface area (Å²) in [6.45, 7) is 3.04. The van der Waals surface area contributed by atoms with E-state index in [1.165, 1.54) is 11.1 Å². The lowest BCUT2D eigenvalue weighted by atomic mass is 9.69. The highest BCUT2D eigenvalue weighted by Gasteiger charge is 2.41. The molecule has 1 saturated heterocycles. The first-order valence-electron chi connectivity index (χ1n) is 7.48. The number of fused-ring (bicyclic) bond motifs is 1. The third-order valence-electron chi connectivity index (χ3n) is 4.77. The molecule has 2 aliphatic rings. The van der Waals surface area contributed by atoms with Gasteiger partial charge in [0.15, 0.2) is 0 Å². The molecule has 2 N–H and O–H groups in total. The van der Waals surface area contributed by atoms with Gasteiger partial charge in [0, 0.05) is 25.0 Å². The normalized spacial score (nSPS) is 30.7. The lowest BCUT2D eigenvalue weighted by Crippen LogP contribution is -2.48. The fraction of sp³-hybridized carbons (Fsp3) is 0.529. The summed E-state index contributed by atoms with van der Waals surface area (Å²) in [5.41, 5.74) is 2.47. The van der Waals surface area contributed by atoms with Gasteiger partial charge in [0.2, 0.25) is 0 Å². The average Bonchev–Trinajstić information content (AvgIpc) is 2.49. The first-order chi connectivity index (χ1) is 9.72. The van der Waals surface area contributed by atoms with Crippen LogP contribution < -0.4 is 0 Å². The van der Waals surface area contributed by atoms with Gasteiger partial charge in [0.25, 0.3) is 0 Å². The van der Waals surface area contributed by atoms with Crippen molar-refractivity contribution in [2.45, 2.75) is 31.9 Å². The van der Waals surface area contributed by atoms with Crippen LogP contribution in [0.3, 0.4) is 0 Å². The molecule has 0 aromatic heterocycles. The van der Waals surface area contributed by atoms with Gasteiger partial charge in [0.1, 0.15) is 0 Å². The Kier molecular flexibility index (Phi) is 3.92. The van der Waals surface area contributed by atoms with Gasteiger partial charge < -0.3 is 10.2 Å². The summed E-state index contributed by atoms with van der Waals surface area (Å²) < 4.78 is 0. The van der Waals surface area contributed by atoms with Crippen molar-refractivity contribution in [3.05, 3.63) is 47.5 Å². The third-order valence-corrected chi connectivity index (χ3v) is 4.77. The lowest BCUT2D eigenvalue weighted by Gasteiger charge is -2.46. The van der Waals surface area contributed by atoms with Gasteiger partial charge in [0.05, 0.1) is 12.7 Å². The molecule has 0 saturated carbocycles. The highest BCUT2D eigenvalue weighted by atomic mass is 16.3. The summed E-state index contributed by atoms with van der Waals surface area (Å²) in [6.07, 6.45) is 4.29. The number of benzene rings is 1. The molecule has 20 heavy (non-hydrogen) atoms. The zero-order valence-electron chi connectivity index (χ0n) is 11.8. The second kappa shape index (κ2) is 5.68. The number of hydrogen-bond acceptors (Lipinski definition) is 3. The summed E-state index contributed by atoms with van der Waals surface area (Å²) in [6, 6.07) is 10.5. The van der Waals surface area contributed by atoms with Crippen LogP contribution >= 0.6 is 0 Å². The summed E-state index contributed by atoms with van der Waals surface area (Å²) in [5.74, 6) is 0. The molecular formula is C17H23NO2. The number of aliphatic hydroxyl groups is 2. The quantitative estimate of drug-likeness (QED) is 0.827. The van der Waals surface area contributed by atoms with E-state index in [4.69, 9.17) is 0 Å². The molecule has 1 fully saturated rings. The Morgan fingerprint density at radius 1 is 1.25 bits per heavy atom. The van der Waals surface area contributed by atoms with E-state index >= 15 is 0 Å². The first-order valence-corrected chi connectivity index (χ1v) is 7.48. The Morgan fingerprint density at radius 2 is 2.05 bits per heavy atom. The smallest absolute Gasteiger partial charge is 0.0724 e. The summed E-state index contributed by atoms with van der Waals surface area (Å²) in [5, 5.41) is 19.7. The average molecular weight is 273 g/mol. The molecule has 3 nitrogen and oxygen atoms in total. The van der Waals surface area contributed by atoms with E-state index in [1.807, 2.05) is 12.1 Å². The van der Waals surface area contributed by atoms with E-state index in [0.29, 0.717) is 0 Å². The molecule has 0 bridgehead atoms. The fourth-order valence-corrected chi connectivity index (χ4v) is 3.60. The van der Waals surface area contributed by atoms with Crippen LogP contribution in [0.15, 0.2) is 42.0 Å². The molecule has 1 aliphatic heterocycles. The molecule has 3 rings (SSSR count). The van der Waals surface area contributed by atoms with Gasteiger partial charge in [-0.25, -0.2) is 0 Å².